The van der Waals surface area contributed by atoms with Gasteiger partial charge in [0.15, 0.2) is 17.7 Å². The molecule has 2 rings (SSSR count). The maximum atomic E-state index is 10.5. The molecule has 0 saturated heterocycles. The van der Waals surface area contributed by atoms with Crippen LogP contribution in [-0.4, -0.2) is 39.6 Å². The zero-order chi connectivity index (χ0) is 14.8. The summed E-state index contributed by atoms with van der Waals surface area (Å²) in [5, 5.41) is 0. The molecule has 2 N–H and O–H groups in total. The SMILES string of the molecule is CO[C@@H](COCP(=O)([O-])[O-])n1cnc2c(N)ncnc21.[Na+].[Na+]. The predicted octanol–water partition coefficient (Wildman–Crippen LogP) is -7.55. The van der Waals surface area contributed by atoms with Crippen molar-refractivity contribution in [1.82, 2.24) is 19.5 Å². The molecule has 0 spiro atoms. The van der Waals surface area contributed by atoms with E-state index in [1.54, 1.807) is 0 Å². The van der Waals surface area contributed by atoms with E-state index in [2.05, 4.69) is 15.0 Å². The molecule has 0 saturated carbocycles. The normalized spacial score (nSPS) is 12.5. The Morgan fingerprint density at radius 3 is 2.64 bits per heavy atom. The number of nitrogen functional groups attached to an aromatic ring is 1. The van der Waals surface area contributed by atoms with Crippen molar-refractivity contribution in [1.29, 1.82) is 0 Å². The molecule has 13 heteroatoms. The Kier molecular flexibility index (Phi) is 9.84. The summed E-state index contributed by atoms with van der Waals surface area (Å²) in [6.45, 7) is -0.152. The Labute approximate surface area is 170 Å². The minimum absolute atomic E-state index is 0. The van der Waals surface area contributed by atoms with E-state index in [1.165, 1.54) is 24.3 Å². The molecule has 0 aliphatic heterocycles. The third-order valence-electron chi connectivity index (χ3n) is 2.48. The van der Waals surface area contributed by atoms with Crippen molar-refractivity contribution in [3.05, 3.63) is 12.7 Å². The van der Waals surface area contributed by atoms with Crippen LogP contribution in [-0.2, 0) is 14.0 Å². The first-order valence-corrected chi connectivity index (χ1v) is 7.20. The fourth-order valence-electron chi connectivity index (χ4n) is 1.61. The first kappa shape index (κ1) is 22.4. The second-order valence-electron chi connectivity index (χ2n) is 3.88. The summed E-state index contributed by atoms with van der Waals surface area (Å²) in [5.74, 6) is 0.216. The van der Waals surface area contributed by atoms with E-state index >= 15 is 0 Å². The van der Waals surface area contributed by atoms with Crippen LogP contribution in [0, 0.1) is 0 Å². The molecule has 0 amide bonds. The van der Waals surface area contributed by atoms with Gasteiger partial charge in [0.2, 0.25) is 0 Å². The number of nitrogens with zero attached hydrogens (tertiary/aromatic N) is 4. The Bertz CT molecular complexity index is 650. The zero-order valence-corrected chi connectivity index (χ0v) is 17.4. The summed E-state index contributed by atoms with van der Waals surface area (Å²) in [6.07, 6.45) is 1.09. The molecule has 0 radical (unpaired) electrons. The van der Waals surface area contributed by atoms with Crippen LogP contribution >= 0.6 is 7.60 Å². The average molecular weight is 347 g/mol. The summed E-state index contributed by atoms with van der Waals surface area (Å²) in [7, 11) is -3.31. The maximum absolute atomic E-state index is 10.5. The van der Waals surface area contributed by atoms with E-state index in [0.717, 1.165) is 0 Å². The molecule has 0 bridgehead atoms. The smallest absolute Gasteiger partial charge is 0.809 e. The number of ether oxygens (including phenoxy) is 2. The Balaban J connectivity index is 0.00000220. The summed E-state index contributed by atoms with van der Waals surface area (Å²) < 4.78 is 22.0. The molecular weight excluding hydrogens is 335 g/mol. The number of anilines is 1. The predicted molar refractivity (Wildman–Crippen MR) is 64.2 cm³/mol. The number of imidazole rings is 1. The standard InChI is InChI=1S/C9H14N5O5P.2Na/c1-18-6(2-19-5-20(15,16)17)14-4-13-7-8(10)11-3-12-9(7)14;;/h3-4,6H,2,5H2,1H3,(H2,10,11,12)(H2,15,16,17);;/q;2*+1/p-2/t6-;;/m0../s1. The van der Waals surface area contributed by atoms with Gasteiger partial charge in [0, 0.05) is 7.11 Å². The number of hydrogen-bond acceptors (Lipinski definition) is 9. The van der Waals surface area contributed by atoms with Gasteiger partial charge in [-0.25, -0.2) is 15.0 Å². The van der Waals surface area contributed by atoms with Crippen LogP contribution in [0.3, 0.4) is 0 Å². The summed E-state index contributed by atoms with van der Waals surface area (Å²) in [6, 6.07) is 0. The van der Waals surface area contributed by atoms with Crippen LogP contribution in [0.25, 0.3) is 11.2 Å². The number of fused-ring (bicyclic) bond motifs is 1. The van der Waals surface area contributed by atoms with Gasteiger partial charge in [0.1, 0.15) is 11.8 Å². The van der Waals surface area contributed by atoms with E-state index in [1.807, 2.05) is 0 Å². The molecule has 2 aromatic rings. The van der Waals surface area contributed by atoms with Gasteiger partial charge < -0.3 is 29.6 Å². The minimum atomic E-state index is -4.71. The summed E-state index contributed by atoms with van der Waals surface area (Å²) in [5.41, 5.74) is 6.46. The minimum Gasteiger partial charge on any atom is -0.809 e. The van der Waals surface area contributed by atoms with Crippen molar-refractivity contribution in [2.45, 2.75) is 6.23 Å². The first-order valence-electron chi connectivity index (χ1n) is 5.47. The molecule has 1 atom stereocenters. The van der Waals surface area contributed by atoms with Gasteiger partial charge in [-0.05, 0) is 7.60 Å². The zero-order valence-electron chi connectivity index (χ0n) is 12.5. The monoisotopic (exact) mass is 347 g/mol. The van der Waals surface area contributed by atoms with Gasteiger partial charge in [-0.2, -0.15) is 0 Å². The summed E-state index contributed by atoms with van der Waals surface area (Å²) >= 11 is 0. The molecule has 0 aromatic carbocycles. The molecule has 22 heavy (non-hydrogen) atoms. The van der Waals surface area contributed by atoms with E-state index in [9.17, 15) is 14.4 Å². The Morgan fingerprint density at radius 2 is 2.05 bits per heavy atom. The maximum Gasteiger partial charge on any atom is 1.00 e. The Hall–Kier alpha value is 0.420. The molecule has 2 aromatic heterocycles. The van der Waals surface area contributed by atoms with E-state index in [0.29, 0.717) is 11.2 Å². The Morgan fingerprint density at radius 1 is 1.36 bits per heavy atom. The van der Waals surface area contributed by atoms with Gasteiger partial charge in [-0.15, -0.1) is 0 Å². The fourth-order valence-corrected chi connectivity index (χ4v) is 1.94. The number of methoxy groups -OCH3 is 1. The molecule has 110 valence electrons. The van der Waals surface area contributed by atoms with Crippen LogP contribution in [0.5, 0.6) is 0 Å². The molecule has 2 heterocycles. The van der Waals surface area contributed by atoms with Crippen LogP contribution in [0.15, 0.2) is 12.7 Å². The van der Waals surface area contributed by atoms with Gasteiger partial charge in [0.05, 0.1) is 19.3 Å². The second kappa shape index (κ2) is 9.65. The topological polar surface area (TPSA) is 151 Å². The van der Waals surface area contributed by atoms with E-state index in [-0.39, 0.29) is 71.5 Å². The van der Waals surface area contributed by atoms with Crippen molar-refractivity contribution < 1.29 is 82.9 Å². The molecule has 0 fully saturated rings. The molecule has 10 nitrogen and oxygen atoms in total. The van der Waals surface area contributed by atoms with Crippen molar-refractivity contribution in [3.8, 4) is 0 Å². The molecule has 0 aliphatic rings. The van der Waals surface area contributed by atoms with Gasteiger partial charge in [-0.1, -0.05) is 0 Å². The summed E-state index contributed by atoms with van der Waals surface area (Å²) in [4.78, 5) is 32.9. The number of hydrogen-bond donors (Lipinski definition) is 1. The largest absolute Gasteiger partial charge is 1.00 e. The van der Waals surface area contributed by atoms with Gasteiger partial charge >= 0.3 is 59.1 Å². The fraction of sp³-hybridized carbons (Fsp3) is 0.444. The van der Waals surface area contributed by atoms with Crippen molar-refractivity contribution in [2.75, 3.05) is 25.8 Å². The number of aromatic nitrogens is 4. The second-order valence-corrected chi connectivity index (χ2v) is 5.36. The first-order chi connectivity index (χ1) is 9.42. The van der Waals surface area contributed by atoms with Crippen LogP contribution in [0.2, 0.25) is 0 Å². The molecular formula is C9H12N5Na2O5P. The number of rotatable bonds is 6. The van der Waals surface area contributed by atoms with Crippen molar-refractivity contribution in [3.63, 3.8) is 0 Å². The number of nitrogens with two attached hydrogens (primary N) is 1. The van der Waals surface area contributed by atoms with Crippen molar-refractivity contribution >= 4 is 24.6 Å². The van der Waals surface area contributed by atoms with E-state index < -0.39 is 20.2 Å². The molecule has 0 unspecified atom stereocenters. The third-order valence-corrected chi connectivity index (χ3v) is 2.98. The van der Waals surface area contributed by atoms with Crippen LogP contribution in [0.1, 0.15) is 6.23 Å². The molecule has 0 aliphatic carbocycles. The average Bonchev–Trinajstić information content (AvgIpc) is 2.79. The van der Waals surface area contributed by atoms with Gasteiger partial charge in [0.25, 0.3) is 0 Å². The van der Waals surface area contributed by atoms with Gasteiger partial charge in [-0.3, -0.25) is 4.57 Å². The quantitative estimate of drug-likeness (QED) is 0.397. The van der Waals surface area contributed by atoms with E-state index in [4.69, 9.17) is 15.2 Å². The van der Waals surface area contributed by atoms with Crippen molar-refractivity contribution in [2.24, 2.45) is 0 Å². The third kappa shape index (κ3) is 5.81. The van der Waals surface area contributed by atoms with Crippen LogP contribution < -0.4 is 74.6 Å². The van der Waals surface area contributed by atoms with Crippen LogP contribution in [0.4, 0.5) is 5.82 Å².